The molecule has 1 aliphatic heterocycles. The van der Waals surface area contributed by atoms with Crippen molar-refractivity contribution in [2.24, 2.45) is 13.0 Å². The van der Waals surface area contributed by atoms with E-state index in [4.69, 9.17) is 9.47 Å². The van der Waals surface area contributed by atoms with E-state index >= 15 is 0 Å². The molecule has 4 aromatic carbocycles. The number of hydrogen-bond donors (Lipinski definition) is 2. The van der Waals surface area contributed by atoms with E-state index in [1.54, 1.807) is 18.1 Å². The van der Waals surface area contributed by atoms with Crippen molar-refractivity contribution in [1.29, 1.82) is 0 Å². The first-order valence-electron chi connectivity index (χ1n) is 16.1. The summed E-state index contributed by atoms with van der Waals surface area (Å²) >= 11 is 1.61. The van der Waals surface area contributed by atoms with E-state index in [-0.39, 0.29) is 36.3 Å². The summed E-state index contributed by atoms with van der Waals surface area (Å²) < 4.78 is 15.2. The zero-order valence-electron chi connectivity index (χ0n) is 27.1. The van der Waals surface area contributed by atoms with Crippen molar-refractivity contribution < 1.29 is 19.4 Å². The molecular formula is C38H36N6O4S. The van der Waals surface area contributed by atoms with Crippen molar-refractivity contribution in [3.63, 3.8) is 0 Å². The Morgan fingerprint density at radius 1 is 0.918 bits per heavy atom. The van der Waals surface area contributed by atoms with Gasteiger partial charge < -0.3 is 24.5 Å². The molecule has 4 atom stereocenters. The fourth-order valence-corrected chi connectivity index (χ4v) is 7.03. The molecule has 0 radical (unpaired) electrons. The minimum absolute atomic E-state index is 0.00888. The monoisotopic (exact) mass is 672 g/mol. The second kappa shape index (κ2) is 14.7. The van der Waals surface area contributed by atoms with Crippen molar-refractivity contribution >= 4 is 28.7 Å². The molecule has 1 aliphatic rings. The second-order valence-electron chi connectivity index (χ2n) is 12.1. The largest absolute Gasteiger partial charge is 0.392 e. The first-order valence-corrected chi connectivity index (χ1v) is 17.1. The number of carbonyl (C=O) groups is 1. The van der Waals surface area contributed by atoms with Gasteiger partial charge in [0.05, 0.1) is 36.0 Å². The third-order valence-corrected chi connectivity index (χ3v) is 9.92. The van der Waals surface area contributed by atoms with E-state index in [0.717, 1.165) is 44.1 Å². The molecule has 4 unspecified atom stereocenters. The molecule has 1 amide bonds. The van der Waals surface area contributed by atoms with Gasteiger partial charge in [0.15, 0.2) is 11.4 Å². The molecule has 1 saturated heterocycles. The van der Waals surface area contributed by atoms with Crippen molar-refractivity contribution in [3.05, 3.63) is 138 Å². The van der Waals surface area contributed by atoms with Gasteiger partial charge >= 0.3 is 0 Å². The molecule has 0 bridgehead atoms. The lowest BCUT2D eigenvalue weighted by atomic mass is 9.91. The fourth-order valence-electron chi connectivity index (χ4n) is 5.98. The third-order valence-electron chi connectivity index (χ3n) is 8.80. The Kier molecular flexibility index (Phi) is 9.76. The fraction of sp³-hybridized carbons (Fsp3) is 0.237. The van der Waals surface area contributed by atoms with Crippen LogP contribution in [0.25, 0.3) is 22.2 Å². The number of aryl methyl sites for hydroxylation is 1. The Hall–Kier alpha value is -4.94. The summed E-state index contributed by atoms with van der Waals surface area (Å²) in [7, 11) is 1.93. The first kappa shape index (κ1) is 32.6. The summed E-state index contributed by atoms with van der Waals surface area (Å²) in [4.78, 5) is 21.9. The van der Waals surface area contributed by atoms with Crippen molar-refractivity contribution in [3.8, 4) is 11.1 Å². The standard InChI is InChI=1S/C38H36N6O4S/c1-24-34(22-49-38-43-41-23-44(38)2)47-37(48-35(24)27-13-11-25(21-45)12-14-27)28-17-15-26(16-18-28)30-8-4-3-7-29(30)19-40-36(46)33-20-39-31-9-5-6-10-32(31)42-33/h3-18,20,23-24,34-35,37,45H,19,21-22H2,1-2H3,(H,40,46). The van der Waals surface area contributed by atoms with Gasteiger partial charge in [-0.3, -0.25) is 9.78 Å². The molecule has 3 heterocycles. The molecule has 0 saturated carbocycles. The maximum Gasteiger partial charge on any atom is 0.271 e. The third kappa shape index (κ3) is 7.25. The van der Waals surface area contributed by atoms with Crippen LogP contribution in [-0.4, -0.2) is 47.6 Å². The lowest BCUT2D eigenvalue weighted by Crippen LogP contribution is -2.38. The number of rotatable bonds is 10. The highest BCUT2D eigenvalue weighted by atomic mass is 32.2. The number of nitrogens with zero attached hydrogens (tertiary/aromatic N) is 5. The lowest BCUT2D eigenvalue weighted by Gasteiger charge is -2.41. The van der Waals surface area contributed by atoms with Crippen molar-refractivity contribution in [1.82, 2.24) is 30.0 Å². The number of para-hydroxylation sites is 2. The maximum atomic E-state index is 13.0. The van der Waals surface area contributed by atoms with Crippen molar-refractivity contribution in [2.45, 2.75) is 43.7 Å². The van der Waals surface area contributed by atoms with Gasteiger partial charge in [-0.1, -0.05) is 104 Å². The molecule has 2 N–H and O–H groups in total. The van der Waals surface area contributed by atoms with Gasteiger partial charge in [-0.25, -0.2) is 4.98 Å². The number of hydrogen-bond acceptors (Lipinski definition) is 9. The minimum atomic E-state index is -0.588. The van der Waals surface area contributed by atoms with Crippen LogP contribution in [0.3, 0.4) is 0 Å². The highest BCUT2D eigenvalue weighted by Crippen LogP contribution is 2.43. The molecule has 10 nitrogen and oxygen atoms in total. The number of carbonyl (C=O) groups excluding carboxylic acids is 1. The average molecular weight is 673 g/mol. The predicted molar refractivity (Wildman–Crippen MR) is 187 cm³/mol. The topological polar surface area (TPSA) is 124 Å². The van der Waals surface area contributed by atoms with Crippen LogP contribution >= 0.6 is 11.8 Å². The summed E-state index contributed by atoms with van der Waals surface area (Å²) in [5.41, 5.74) is 7.49. The SMILES string of the molecule is CC1C(CSc2nncn2C)OC(c2ccc(-c3ccccc3CNC(=O)c3cnc4ccccc4n3)cc2)OC1c1ccc(CO)cc1. The van der Waals surface area contributed by atoms with Gasteiger partial charge in [0.25, 0.3) is 5.91 Å². The van der Waals surface area contributed by atoms with E-state index in [1.165, 1.54) is 6.20 Å². The predicted octanol–water partition coefficient (Wildman–Crippen LogP) is 6.43. The molecule has 2 aromatic heterocycles. The Bertz CT molecular complexity index is 2050. The van der Waals surface area contributed by atoms with Crippen LogP contribution in [0.2, 0.25) is 0 Å². The van der Waals surface area contributed by atoms with Crippen LogP contribution in [-0.2, 0) is 29.7 Å². The first-order chi connectivity index (χ1) is 24.0. The van der Waals surface area contributed by atoms with Crippen LogP contribution in [0.4, 0.5) is 0 Å². The highest BCUT2D eigenvalue weighted by Gasteiger charge is 2.38. The van der Waals surface area contributed by atoms with Gasteiger partial charge in [-0.05, 0) is 39.9 Å². The zero-order chi connectivity index (χ0) is 33.7. The maximum absolute atomic E-state index is 13.0. The molecule has 11 heteroatoms. The van der Waals surface area contributed by atoms with Gasteiger partial charge in [0.2, 0.25) is 0 Å². The molecule has 0 aliphatic carbocycles. The number of aliphatic hydroxyl groups excluding tert-OH is 1. The zero-order valence-corrected chi connectivity index (χ0v) is 28.0. The summed E-state index contributed by atoms with van der Waals surface area (Å²) in [5, 5.41) is 21.6. The Labute approximate surface area is 288 Å². The normalized spacial score (nSPS) is 19.2. The number of fused-ring (bicyclic) bond motifs is 1. The number of amides is 1. The van der Waals surface area contributed by atoms with E-state index in [1.807, 2.05) is 96.5 Å². The van der Waals surface area contributed by atoms with Gasteiger partial charge in [0, 0.05) is 30.8 Å². The molecular weight excluding hydrogens is 637 g/mol. The summed E-state index contributed by atoms with van der Waals surface area (Å²) in [6, 6.07) is 31.6. The average Bonchev–Trinajstić information content (AvgIpc) is 3.57. The Morgan fingerprint density at radius 2 is 1.65 bits per heavy atom. The summed E-state index contributed by atoms with van der Waals surface area (Å²) in [6.45, 7) is 2.47. The van der Waals surface area contributed by atoms with Crippen LogP contribution in [0.15, 0.2) is 115 Å². The quantitative estimate of drug-likeness (QED) is 0.158. The van der Waals surface area contributed by atoms with Crippen LogP contribution in [0, 0.1) is 5.92 Å². The van der Waals surface area contributed by atoms with E-state index in [9.17, 15) is 9.90 Å². The van der Waals surface area contributed by atoms with E-state index in [0.29, 0.717) is 17.8 Å². The molecule has 7 rings (SSSR count). The molecule has 0 spiro atoms. The lowest BCUT2D eigenvalue weighted by molar-refractivity contribution is -0.268. The molecule has 6 aromatic rings. The summed E-state index contributed by atoms with van der Waals surface area (Å²) in [5.74, 6) is 0.455. The minimum Gasteiger partial charge on any atom is -0.392 e. The number of thioether (sulfide) groups is 1. The molecule has 49 heavy (non-hydrogen) atoms. The number of aliphatic hydroxyl groups is 1. The van der Waals surface area contributed by atoms with Crippen molar-refractivity contribution in [2.75, 3.05) is 5.75 Å². The van der Waals surface area contributed by atoms with Crippen LogP contribution in [0.5, 0.6) is 0 Å². The number of nitrogens with one attached hydrogen (secondary N) is 1. The number of ether oxygens (including phenoxy) is 2. The second-order valence-corrected chi connectivity index (χ2v) is 13.1. The summed E-state index contributed by atoms with van der Waals surface area (Å²) in [6.07, 6.45) is 2.27. The van der Waals surface area contributed by atoms with Crippen LogP contribution < -0.4 is 5.32 Å². The molecule has 248 valence electrons. The number of aromatic nitrogens is 5. The van der Waals surface area contributed by atoms with Gasteiger partial charge in [-0.2, -0.15) is 0 Å². The van der Waals surface area contributed by atoms with Gasteiger partial charge in [0.1, 0.15) is 12.0 Å². The van der Waals surface area contributed by atoms with Crippen LogP contribution in [0.1, 0.15) is 52.1 Å². The Morgan fingerprint density at radius 3 is 2.41 bits per heavy atom. The van der Waals surface area contributed by atoms with E-state index in [2.05, 4.69) is 44.5 Å². The number of benzene rings is 4. The van der Waals surface area contributed by atoms with E-state index < -0.39 is 6.29 Å². The smallest absolute Gasteiger partial charge is 0.271 e. The highest BCUT2D eigenvalue weighted by molar-refractivity contribution is 7.99. The molecule has 1 fully saturated rings. The Balaban J connectivity index is 1.09. The van der Waals surface area contributed by atoms with Gasteiger partial charge in [-0.15, -0.1) is 10.2 Å².